The van der Waals surface area contributed by atoms with Crippen LogP contribution < -0.4 is 10.6 Å². The summed E-state index contributed by atoms with van der Waals surface area (Å²) in [5.74, 6) is 0.773. The van der Waals surface area contributed by atoms with Crippen LogP contribution in [0.3, 0.4) is 0 Å². The van der Waals surface area contributed by atoms with Gasteiger partial charge >= 0.3 is 0 Å². The number of sulfone groups is 1. The van der Waals surface area contributed by atoms with Crippen LogP contribution in [-0.2, 0) is 9.84 Å². The highest BCUT2D eigenvalue weighted by atomic mass is 127. The first-order valence-electron chi connectivity index (χ1n) is 8.62. The molecule has 0 rings (SSSR count). The van der Waals surface area contributed by atoms with E-state index in [-0.39, 0.29) is 35.1 Å². The monoisotopic (exact) mass is 475 g/mol. The van der Waals surface area contributed by atoms with E-state index in [0.717, 1.165) is 6.54 Å². The lowest BCUT2D eigenvalue weighted by Gasteiger charge is -2.26. The molecule has 24 heavy (non-hydrogen) atoms. The molecule has 0 aliphatic carbocycles. The third kappa shape index (κ3) is 10.7. The number of nitrogens with zero attached hydrogens (tertiary/aromatic N) is 1. The molecule has 0 amide bonds. The zero-order valence-electron chi connectivity index (χ0n) is 16.5. The first kappa shape index (κ1) is 26.2. The van der Waals surface area contributed by atoms with E-state index >= 15 is 0 Å². The van der Waals surface area contributed by atoms with Crippen LogP contribution in [0.15, 0.2) is 4.99 Å². The van der Waals surface area contributed by atoms with Crippen molar-refractivity contribution in [2.24, 2.45) is 10.4 Å². The molecule has 146 valence electrons. The second-order valence-electron chi connectivity index (χ2n) is 7.91. The quantitative estimate of drug-likeness (QED) is 0.232. The van der Waals surface area contributed by atoms with Gasteiger partial charge in [0.15, 0.2) is 15.8 Å². The molecule has 0 aromatic heterocycles. The molecule has 0 bridgehead atoms. The molecule has 0 aromatic carbocycles. The number of rotatable bonds is 9. The predicted octanol–water partition coefficient (Wildman–Crippen LogP) is 3.59. The maximum Gasteiger partial charge on any atom is 0.191 e. The fourth-order valence-electron chi connectivity index (χ4n) is 2.10. The molecule has 7 heteroatoms. The molecule has 0 atom stereocenters. The molecule has 0 unspecified atom stereocenters. The number of nitrogens with one attached hydrogen (secondary N) is 2. The lowest BCUT2D eigenvalue weighted by Crippen LogP contribution is -2.44. The summed E-state index contributed by atoms with van der Waals surface area (Å²) in [5, 5.41) is 6.40. The molecule has 0 aliphatic rings. The molecule has 0 heterocycles. The van der Waals surface area contributed by atoms with Crippen molar-refractivity contribution in [1.82, 2.24) is 10.6 Å². The molecule has 0 radical (unpaired) electrons. The molecular weight excluding hydrogens is 437 g/mol. The van der Waals surface area contributed by atoms with Gasteiger partial charge in [-0.3, -0.25) is 4.99 Å². The molecule has 0 aromatic rings. The van der Waals surface area contributed by atoms with Crippen molar-refractivity contribution < 1.29 is 8.42 Å². The minimum Gasteiger partial charge on any atom is -0.356 e. The highest BCUT2D eigenvalue weighted by Gasteiger charge is 2.28. The zero-order chi connectivity index (χ0) is 18.1. The van der Waals surface area contributed by atoms with E-state index in [2.05, 4.69) is 36.4 Å². The Morgan fingerprint density at radius 3 is 2.08 bits per heavy atom. The molecule has 0 saturated heterocycles. The van der Waals surface area contributed by atoms with E-state index in [1.807, 2.05) is 0 Å². The number of hydrogen-bond donors (Lipinski definition) is 2. The Hall–Kier alpha value is -0.0500. The van der Waals surface area contributed by atoms with Gasteiger partial charge in [-0.1, -0.05) is 40.0 Å². The van der Waals surface area contributed by atoms with Gasteiger partial charge in [-0.25, -0.2) is 8.42 Å². The van der Waals surface area contributed by atoms with Crippen molar-refractivity contribution in [1.29, 1.82) is 0 Å². The number of guanidine groups is 1. The van der Waals surface area contributed by atoms with Gasteiger partial charge in [0.25, 0.3) is 0 Å². The van der Waals surface area contributed by atoms with Crippen LogP contribution in [0, 0.1) is 5.41 Å². The predicted molar refractivity (Wildman–Crippen MR) is 116 cm³/mol. The lowest BCUT2D eigenvalue weighted by atomic mass is 9.87. The van der Waals surface area contributed by atoms with Crippen LogP contribution in [0.4, 0.5) is 0 Å². The SMILES string of the molecule is CCCCCC(C)(C)CNC(=NC)NCCS(=O)(=O)C(C)(C)C.I. The normalized spacial score (nSPS) is 13.4. The Labute approximate surface area is 166 Å². The largest absolute Gasteiger partial charge is 0.356 e. The number of halogens is 1. The summed E-state index contributed by atoms with van der Waals surface area (Å²) in [6.45, 7) is 13.1. The van der Waals surface area contributed by atoms with Crippen LogP contribution in [-0.4, -0.2) is 45.0 Å². The average Bonchev–Trinajstić information content (AvgIpc) is 2.41. The Morgan fingerprint density at radius 2 is 1.62 bits per heavy atom. The Kier molecular flexibility index (Phi) is 12.6. The molecule has 0 spiro atoms. The fourth-order valence-corrected chi connectivity index (χ4v) is 3.08. The summed E-state index contributed by atoms with van der Waals surface area (Å²) in [5.41, 5.74) is 0.199. The smallest absolute Gasteiger partial charge is 0.191 e. The van der Waals surface area contributed by atoms with Crippen molar-refractivity contribution in [2.75, 3.05) is 25.9 Å². The van der Waals surface area contributed by atoms with E-state index in [0.29, 0.717) is 12.5 Å². The van der Waals surface area contributed by atoms with E-state index in [1.165, 1.54) is 25.7 Å². The van der Waals surface area contributed by atoms with Crippen LogP contribution >= 0.6 is 24.0 Å². The Balaban J connectivity index is 0. The number of unbranched alkanes of at least 4 members (excludes halogenated alkanes) is 2. The first-order valence-corrected chi connectivity index (χ1v) is 10.3. The van der Waals surface area contributed by atoms with Crippen molar-refractivity contribution in [3.8, 4) is 0 Å². The van der Waals surface area contributed by atoms with Crippen molar-refractivity contribution in [3.05, 3.63) is 0 Å². The summed E-state index contributed by atoms with van der Waals surface area (Å²) < 4.78 is 23.5. The van der Waals surface area contributed by atoms with Crippen LogP contribution in [0.1, 0.15) is 67.2 Å². The number of hydrogen-bond acceptors (Lipinski definition) is 3. The van der Waals surface area contributed by atoms with Crippen LogP contribution in [0.5, 0.6) is 0 Å². The molecule has 0 fully saturated rings. The fraction of sp³-hybridized carbons (Fsp3) is 0.941. The van der Waals surface area contributed by atoms with E-state index in [4.69, 9.17) is 0 Å². The molecule has 0 aliphatic heterocycles. The van der Waals surface area contributed by atoms with Crippen LogP contribution in [0.25, 0.3) is 0 Å². The van der Waals surface area contributed by atoms with Gasteiger partial charge in [0.2, 0.25) is 0 Å². The minimum absolute atomic E-state index is 0. The average molecular weight is 475 g/mol. The van der Waals surface area contributed by atoms with Crippen molar-refractivity contribution in [2.45, 2.75) is 72.0 Å². The molecule has 5 nitrogen and oxygen atoms in total. The van der Waals surface area contributed by atoms with Crippen molar-refractivity contribution in [3.63, 3.8) is 0 Å². The third-order valence-electron chi connectivity index (χ3n) is 4.01. The Bertz CT molecular complexity index is 469. The standard InChI is InChI=1S/C17H37N3O2S.HI/c1-8-9-10-11-17(5,6)14-20-15(18-7)19-12-13-23(21,22)16(2,3)4;/h8-14H2,1-7H3,(H2,18,19,20);1H. The van der Waals surface area contributed by atoms with E-state index in [1.54, 1.807) is 27.8 Å². The summed E-state index contributed by atoms with van der Waals surface area (Å²) >= 11 is 0. The molecular formula is C17H38IN3O2S. The first-order chi connectivity index (χ1) is 10.4. The highest BCUT2D eigenvalue weighted by molar-refractivity contribution is 14.0. The lowest BCUT2D eigenvalue weighted by molar-refractivity contribution is 0.318. The highest BCUT2D eigenvalue weighted by Crippen LogP contribution is 2.22. The second kappa shape index (κ2) is 11.5. The van der Waals surface area contributed by atoms with Gasteiger partial charge in [0.1, 0.15) is 0 Å². The third-order valence-corrected chi connectivity index (χ3v) is 6.62. The maximum absolute atomic E-state index is 12.1. The van der Waals surface area contributed by atoms with Gasteiger partial charge in [0.05, 0.1) is 10.5 Å². The summed E-state index contributed by atoms with van der Waals surface area (Å²) in [6.07, 6.45) is 4.90. The van der Waals surface area contributed by atoms with Gasteiger partial charge in [-0.05, 0) is 32.6 Å². The summed E-state index contributed by atoms with van der Waals surface area (Å²) in [4.78, 5) is 4.17. The summed E-state index contributed by atoms with van der Waals surface area (Å²) in [6, 6.07) is 0. The van der Waals surface area contributed by atoms with E-state index in [9.17, 15) is 8.42 Å². The van der Waals surface area contributed by atoms with Gasteiger partial charge < -0.3 is 10.6 Å². The molecule has 2 N–H and O–H groups in total. The van der Waals surface area contributed by atoms with Gasteiger partial charge in [-0.15, -0.1) is 24.0 Å². The maximum atomic E-state index is 12.1. The Morgan fingerprint density at radius 1 is 1.04 bits per heavy atom. The van der Waals surface area contributed by atoms with Crippen LogP contribution in [0.2, 0.25) is 0 Å². The minimum atomic E-state index is -3.11. The molecule has 0 saturated carbocycles. The summed E-state index contributed by atoms with van der Waals surface area (Å²) in [7, 11) is -1.40. The van der Waals surface area contributed by atoms with Crippen molar-refractivity contribution >= 4 is 39.8 Å². The zero-order valence-corrected chi connectivity index (χ0v) is 19.7. The van der Waals surface area contributed by atoms with Gasteiger partial charge in [0, 0.05) is 20.1 Å². The van der Waals surface area contributed by atoms with E-state index < -0.39 is 14.6 Å². The second-order valence-corrected chi connectivity index (χ2v) is 10.8. The number of aliphatic imine (C=N–C) groups is 1. The topological polar surface area (TPSA) is 70.6 Å². The van der Waals surface area contributed by atoms with Gasteiger partial charge in [-0.2, -0.15) is 0 Å².